The quantitative estimate of drug-likeness (QED) is 0.494. The molecule has 1 fully saturated rings. The Hall–Kier alpha value is -3.81. The van der Waals surface area contributed by atoms with Crippen LogP contribution in [-0.2, 0) is 11.3 Å². The number of fused-ring (bicyclic) bond motifs is 1. The first-order valence-corrected chi connectivity index (χ1v) is 11.0. The number of amides is 1. The zero-order chi connectivity index (χ0) is 22.8. The van der Waals surface area contributed by atoms with Gasteiger partial charge in [-0.1, -0.05) is 47.1 Å². The van der Waals surface area contributed by atoms with Crippen LogP contribution in [0.2, 0.25) is 0 Å². The zero-order valence-corrected chi connectivity index (χ0v) is 18.3. The molecule has 3 heterocycles. The number of nitrogens with one attached hydrogen (secondary N) is 1. The fourth-order valence-electron chi connectivity index (χ4n) is 4.21. The maximum atomic E-state index is 13.1. The second kappa shape index (κ2) is 8.97. The van der Waals surface area contributed by atoms with Gasteiger partial charge in [0.15, 0.2) is 0 Å². The Morgan fingerprint density at radius 2 is 1.82 bits per heavy atom. The average Bonchev–Trinajstić information content (AvgIpc) is 3.28. The molecule has 1 aliphatic rings. The highest BCUT2D eigenvalue weighted by Gasteiger charge is 2.28. The molecule has 0 saturated carbocycles. The minimum Gasteiger partial charge on any atom is -0.356 e. The van der Waals surface area contributed by atoms with Gasteiger partial charge in [0.2, 0.25) is 5.91 Å². The number of halogens is 1. The van der Waals surface area contributed by atoms with Crippen molar-refractivity contribution in [2.75, 3.05) is 18.0 Å². The van der Waals surface area contributed by atoms with Crippen LogP contribution < -0.4 is 10.2 Å². The Kier molecular flexibility index (Phi) is 5.73. The molecule has 2 aromatic heterocycles. The summed E-state index contributed by atoms with van der Waals surface area (Å²) in [5.41, 5.74) is 4.17. The van der Waals surface area contributed by atoms with Crippen LogP contribution in [0.5, 0.6) is 0 Å². The molecule has 0 unspecified atom stereocenters. The Morgan fingerprint density at radius 3 is 2.55 bits per heavy atom. The number of hydrogen-bond donors (Lipinski definition) is 1. The van der Waals surface area contributed by atoms with Crippen LogP contribution in [0, 0.1) is 18.7 Å². The number of carbonyl (C=O) groups is 1. The van der Waals surface area contributed by atoms with E-state index in [1.54, 1.807) is 12.1 Å². The Morgan fingerprint density at radius 1 is 1.09 bits per heavy atom. The standard InChI is InChI=1S/C25H24FN5O2/c1-16-2-6-18(7-3-16)22-21-23(28-15-29-25(21)33-30-22)31-12-10-19(11-13-31)24(32)27-14-17-4-8-20(26)9-5-17/h2-9,15,19H,10-14H2,1H3,(H,27,32). The molecule has 33 heavy (non-hydrogen) atoms. The minimum absolute atomic E-state index is 0.0251. The van der Waals surface area contributed by atoms with E-state index in [0.29, 0.717) is 38.2 Å². The van der Waals surface area contributed by atoms with Gasteiger partial charge in [-0.15, -0.1) is 0 Å². The van der Waals surface area contributed by atoms with Crippen LogP contribution in [0.25, 0.3) is 22.4 Å². The second-order valence-electron chi connectivity index (χ2n) is 8.38. The predicted octanol–water partition coefficient (Wildman–Crippen LogP) is 4.27. The van der Waals surface area contributed by atoms with E-state index < -0.39 is 0 Å². The molecule has 2 aromatic carbocycles. The molecule has 0 spiro atoms. The molecule has 0 bridgehead atoms. The highest BCUT2D eigenvalue weighted by Crippen LogP contribution is 2.34. The van der Waals surface area contributed by atoms with E-state index in [-0.39, 0.29) is 17.6 Å². The number of aromatic nitrogens is 3. The third-order valence-corrected chi connectivity index (χ3v) is 6.12. The molecule has 1 saturated heterocycles. The molecule has 1 amide bonds. The molecular weight excluding hydrogens is 421 g/mol. The highest BCUT2D eigenvalue weighted by atomic mass is 19.1. The fourth-order valence-corrected chi connectivity index (χ4v) is 4.21. The number of anilines is 1. The number of hydrogen-bond acceptors (Lipinski definition) is 6. The number of rotatable bonds is 5. The molecule has 4 aromatic rings. The summed E-state index contributed by atoms with van der Waals surface area (Å²) in [4.78, 5) is 23.6. The van der Waals surface area contributed by atoms with Crippen molar-refractivity contribution in [2.45, 2.75) is 26.3 Å². The van der Waals surface area contributed by atoms with Crippen LogP contribution in [0.4, 0.5) is 10.2 Å². The normalized spacial score (nSPS) is 14.5. The van der Waals surface area contributed by atoms with Crippen molar-refractivity contribution in [3.63, 3.8) is 0 Å². The summed E-state index contributed by atoms with van der Waals surface area (Å²) in [5.74, 6) is 0.451. The molecule has 168 valence electrons. The second-order valence-corrected chi connectivity index (χ2v) is 8.38. The molecule has 1 N–H and O–H groups in total. The highest BCUT2D eigenvalue weighted by molar-refractivity contribution is 5.98. The minimum atomic E-state index is -0.283. The monoisotopic (exact) mass is 445 g/mol. The largest absolute Gasteiger partial charge is 0.356 e. The molecule has 5 rings (SSSR count). The van der Waals surface area contributed by atoms with Crippen molar-refractivity contribution >= 4 is 22.8 Å². The van der Waals surface area contributed by atoms with Crippen molar-refractivity contribution in [3.05, 3.63) is 71.8 Å². The van der Waals surface area contributed by atoms with Crippen molar-refractivity contribution in [2.24, 2.45) is 5.92 Å². The third-order valence-electron chi connectivity index (χ3n) is 6.12. The third kappa shape index (κ3) is 4.41. The van der Waals surface area contributed by atoms with Crippen LogP contribution in [0.1, 0.15) is 24.0 Å². The van der Waals surface area contributed by atoms with Gasteiger partial charge in [-0.05, 0) is 37.5 Å². The number of aryl methyl sites for hydroxylation is 1. The van der Waals surface area contributed by atoms with Crippen LogP contribution >= 0.6 is 0 Å². The Balaban J connectivity index is 1.28. The summed E-state index contributed by atoms with van der Waals surface area (Å²) in [7, 11) is 0. The van der Waals surface area contributed by atoms with Crippen LogP contribution in [-0.4, -0.2) is 34.1 Å². The first-order chi connectivity index (χ1) is 16.1. The van der Waals surface area contributed by atoms with Gasteiger partial charge < -0.3 is 14.7 Å². The molecule has 7 nitrogen and oxygen atoms in total. The maximum absolute atomic E-state index is 13.1. The van der Waals surface area contributed by atoms with Gasteiger partial charge in [0.1, 0.15) is 29.0 Å². The number of nitrogens with zero attached hydrogens (tertiary/aromatic N) is 4. The zero-order valence-electron chi connectivity index (χ0n) is 18.3. The van der Waals surface area contributed by atoms with Crippen molar-refractivity contribution in [1.82, 2.24) is 20.4 Å². The fraction of sp³-hybridized carbons (Fsp3) is 0.280. The summed E-state index contributed by atoms with van der Waals surface area (Å²) in [5, 5.41) is 8.03. The van der Waals surface area contributed by atoms with Crippen molar-refractivity contribution < 1.29 is 13.7 Å². The van der Waals surface area contributed by atoms with E-state index in [1.165, 1.54) is 24.0 Å². The first-order valence-electron chi connectivity index (χ1n) is 11.0. The van der Waals surface area contributed by atoms with Crippen LogP contribution in [0.15, 0.2) is 59.4 Å². The van der Waals surface area contributed by atoms with Gasteiger partial charge >= 0.3 is 0 Å². The van der Waals surface area contributed by atoms with Crippen LogP contribution in [0.3, 0.4) is 0 Å². The van der Waals surface area contributed by atoms with E-state index in [1.807, 2.05) is 31.2 Å². The maximum Gasteiger partial charge on any atom is 0.263 e. The molecule has 8 heteroatoms. The lowest BCUT2D eigenvalue weighted by atomic mass is 9.95. The van der Waals surface area contributed by atoms with Gasteiger partial charge in [-0.25, -0.2) is 9.37 Å². The van der Waals surface area contributed by atoms with Crippen molar-refractivity contribution in [3.8, 4) is 11.3 Å². The van der Waals surface area contributed by atoms with E-state index in [2.05, 4.69) is 25.3 Å². The molecule has 0 radical (unpaired) electrons. The lowest BCUT2D eigenvalue weighted by molar-refractivity contribution is -0.125. The molecule has 1 aliphatic heterocycles. The molecular formula is C25H24FN5O2. The number of benzene rings is 2. The van der Waals surface area contributed by atoms with Gasteiger partial charge in [0, 0.05) is 31.1 Å². The summed E-state index contributed by atoms with van der Waals surface area (Å²) < 4.78 is 18.5. The predicted molar refractivity (Wildman–Crippen MR) is 123 cm³/mol. The number of carbonyl (C=O) groups excluding carboxylic acids is 1. The smallest absolute Gasteiger partial charge is 0.263 e. The summed E-state index contributed by atoms with van der Waals surface area (Å²) >= 11 is 0. The molecule has 0 atom stereocenters. The number of piperidine rings is 1. The van der Waals surface area contributed by atoms with Gasteiger partial charge in [0.05, 0.1) is 0 Å². The first kappa shape index (κ1) is 21.1. The topological polar surface area (TPSA) is 84.2 Å². The van der Waals surface area contributed by atoms with E-state index >= 15 is 0 Å². The SMILES string of the molecule is Cc1ccc(-c2noc3ncnc(N4CCC(C(=O)NCc5ccc(F)cc5)CC4)c23)cc1. The summed E-state index contributed by atoms with van der Waals surface area (Å²) in [6, 6.07) is 14.3. The summed E-state index contributed by atoms with van der Waals surface area (Å²) in [6.45, 7) is 3.82. The van der Waals surface area contributed by atoms with E-state index in [0.717, 1.165) is 28.0 Å². The van der Waals surface area contributed by atoms with E-state index in [9.17, 15) is 9.18 Å². The van der Waals surface area contributed by atoms with E-state index in [4.69, 9.17) is 4.52 Å². The van der Waals surface area contributed by atoms with Gasteiger partial charge in [0.25, 0.3) is 5.71 Å². The van der Waals surface area contributed by atoms with Crippen molar-refractivity contribution in [1.29, 1.82) is 0 Å². The lowest BCUT2D eigenvalue weighted by Gasteiger charge is -2.32. The Labute approximate surface area is 190 Å². The van der Waals surface area contributed by atoms with Gasteiger partial charge in [-0.2, -0.15) is 4.98 Å². The van der Waals surface area contributed by atoms with Gasteiger partial charge in [-0.3, -0.25) is 4.79 Å². The average molecular weight is 445 g/mol. The summed E-state index contributed by atoms with van der Waals surface area (Å²) in [6.07, 6.45) is 2.92. The lowest BCUT2D eigenvalue weighted by Crippen LogP contribution is -2.40. The molecule has 0 aliphatic carbocycles. The Bertz CT molecular complexity index is 1260.